The van der Waals surface area contributed by atoms with Crippen molar-refractivity contribution in [3.05, 3.63) is 47.3 Å². The quantitative estimate of drug-likeness (QED) is 0.875. The first-order valence-electron chi connectivity index (χ1n) is 6.03. The van der Waals surface area contributed by atoms with E-state index in [4.69, 9.17) is 11.6 Å². The number of hydrogen-bond acceptors (Lipinski definition) is 2. The molecule has 5 heteroatoms. The maximum atomic E-state index is 12.2. The number of benzene rings is 1. The standard InChI is InChI=1S/C14H16ClN3O/c1-9(15)11-6-4-5-7-13(11)16-14(19)12-8-18(3)17-10(12)2/h4-9H,1-3H3,(H,16,19). The number of para-hydroxylation sites is 1. The molecular formula is C14H16ClN3O. The molecule has 0 fully saturated rings. The van der Waals surface area contributed by atoms with E-state index in [0.29, 0.717) is 11.3 Å². The van der Waals surface area contributed by atoms with Crippen LogP contribution in [0.5, 0.6) is 0 Å². The predicted molar refractivity (Wildman–Crippen MR) is 76.6 cm³/mol. The minimum Gasteiger partial charge on any atom is -0.322 e. The fraction of sp³-hybridized carbons (Fsp3) is 0.286. The number of hydrogen-bond donors (Lipinski definition) is 1. The summed E-state index contributed by atoms with van der Waals surface area (Å²) in [5, 5.41) is 6.89. The van der Waals surface area contributed by atoms with Gasteiger partial charge in [0, 0.05) is 18.9 Å². The smallest absolute Gasteiger partial charge is 0.259 e. The number of carbonyl (C=O) groups excluding carboxylic acids is 1. The van der Waals surface area contributed by atoms with E-state index in [2.05, 4.69) is 10.4 Å². The summed E-state index contributed by atoms with van der Waals surface area (Å²) in [6.07, 6.45) is 1.71. The highest BCUT2D eigenvalue weighted by molar-refractivity contribution is 6.21. The molecule has 100 valence electrons. The van der Waals surface area contributed by atoms with Crippen molar-refractivity contribution in [2.75, 3.05) is 5.32 Å². The minimum absolute atomic E-state index is 0.161. The van der Waals surface area contributed by atoms with Crippen LogP contribution in [0.2, 0.25) is 0 Å². The molecule has 1 atom stereocenters. The number of rotatable bonds is 3. The monoisotopic (exact) mass is 277 g/mol. The average Bonchev–Trinajstić information content (AvgIpc) is 2.69. The Kier molecular flexibility index (Phi) is 3.90. The van der Waals surface area contributed by atoms with Crippen molar-refractivity contribution in [2.45, 2.75) is 19.2 Å². The summed E-state index contributed by atoms with van der Waals surface area (Å²) in [5.41, 5.74) is 2.91. The Balaban J connectivity index is 2.27. The summed E-state index contributed by atoms with van der Waals surface area (Å²) in [5.74, 6) is -0.171. The number of nitrogens with zero attached hydrogens (tertiary/aromatic N) is 2. The Morgan fingerprint density at radius 2 is 2.11 bits per heavy atom. The lowest BCUT2D eigenvalue weighted by Gasteiger charge is -2.12. The van der Waals surface area contributed by atoms with Crippen LogP contribution in [0.4, 0.5) is 5.69 Å². The van der Waals surface area contributed by atoms with Crippen molar-refractivity contribution in [3.8, 4) is 0 Å². The minimum atomic E-state index is -0.171. The van der Waals surface area contributed by atoms with Gasteiger partial charge in [-0.1, -0.05) is 18.2 Å². The summed E-state index contributed by atoms with van der Waals surface area (Å²) in [6, 6.07) is 7.52. The first-order valence-corrected chi connectivity index (χ1v) is 6.47. The van der Waals surface area contributed by atoms with E-state index in [1.165, 1.54) is 0 Å². The molecule has 0 saturated heterocycles. The Morgan fingerprint density at radius 3 is 2.68 bits per heavy atom. The number of aromatic nitrogens is 2. The molecule has 0 aliphatic heterocycles. The SMILES string of the molecule is Cc1nn(C)cc1C(=O)Nc1ccccc1C(C)Cl. The van der Waals surface area contributed by atoms with Crippen LogP contribution in [0.3, 0.4) is 0 Å². The van der Waals surface area contributed by atoms with Gasteiger partial charge in [-0.2, -0.15) is 5.10 Å². The maximum Gasteiger partial charge on any atom is 0.259 e. The number of carbonyl (C=O) groups is 1. The zero-order valence-corrected chi connectivity index (χ0v) is 11.9. The molecule has 1 amide bonds. The molecule has 4 nitrogen and oxygen atoms in total. The van der Waals surface area contributed by atoms with Gasteiger partial charge < -0.3 is 5.32 Å². The topological polar surface area (TPSA) is 46.9 Å². The van der Waals surface area contributed by atoms with Gasteiger partial charge in [0.1, 0.15) is 0 Å². The molecule has 1 aromatic carbocycles. The highest BCUT2D eigenvalue weighted by atomic mass is 35.5. The summed E-state index contributed by atoms with van der Waals surface area (Å²) in [4.78, 5) is 12.2. The van der Waals surface area contributed by atoms with Gasteiger partial charge in [0.15, 0.2) is 0 Å². The molecular weight excluding hydrogens is 262 g/mol. The van der Waals surface area contributed by atoms with Gasteiger partial charge in [-0.05, 0) is 25.5 Å². The van der Waals surface area contributed by atoms with Crippen molar-refractivity contribution in [1.29, 1.82) is 0 Å². The zero-order valence-electron chi connectivity index (χ0n) is 11.1. The lowest BCUT2D eigenvalue weighted by atomic mass is 10.1. The molecule has 2 aromatic rings. The van der Waals surface area contributed by atoms with E-state index >= 15 is 0 Å². The Labute approximate surface area is 117 Å². The third-order valence-corrected chi connectivity index (χ3v) is 3.13. The molecule has 0 saturated carbocycles. The second kappa shape index (κ2) is 5.45. The lowest BCUT2D eigenvalue weighted by Crippen LogP contribution is -2.13. The van der Waals surface area contributed by atoms with Crippen LogP contribution in [-0.4, -0.2) is 15.7 Å². The van der Waals surface area contributed by atoms with Crippen LogP contribution in [0.25, 0.3) is 0 Å². The summed E-state index contributed by atoms with van der Waals surface area (Å²) in [6.45, 7) is 3.69. The number of nitrogens with one attached hydrogen (secondary N) is 1. The van der Waals surface area contributed by atoms with Gasteiger partial charge in [0.25, 0.3) is 5.91 Å². The van der Waals surface area contributed by atoms with Gasteiger partial charge in [-0.3, -0.25) is 9.48 Å². The molecule has 0 aliphatic rings. The fourth-order valence-electron chi connectivity index (χ4n) is 1.97. The molecule has 19 heavy (non-hydrogen) atoms. The summed E-state index contributed by atoms with van der Waals surface area (Å²) < 4.78 is 1.63. The highest BCUT2D eigenvalue weighted by Crippen LogP contribution is 2.27. The molecule has 1 aromatic heterocycles. The number of amides is 1. The van der Waals surface area contributed by atoms with Crippen LogP contribution in [0.15, 0.2) is 30.5 Å². The zero-order chi connectivity index (χ0) is 14.0. The molecule has 1 N–H and O–H groups in total. The second-order valence-electron chi connectivity index (χ2n) is 4.46. The van der Waals surface area contributed by atoms with Gasteiger partial charge >= 0.3 is 0 Å². The molecule has 0 spiro atoms. The normalized spacial score (nSPS) is 12.2. The van der Waals surface area contributed by atoms with Crippen LogP contribution in [0, 0.1) is 6.92 Å². The third-order valence-electron chi connectivity index (χ3n) is 2.90. The van der Waals surface area contributed by atoms with Gasteiger partial charge in [0.05, 0.1) is 16.6 Å². The number of halogens is 1. The van der Waals surface area contributed by atoms with Crippen molar-refractivity contribution in [3.63, 3.8) is 0 Å². The number of aryl methyl sites for hydroxylation is 2. The first-order chi connectivity index (χ1) is 8.99. The van der Waals surface area contributed by atoms with Gasteiger partial charge in [-0.15, -0.1) is 11.6 Å². The molecule has 2 rings (SSSR count). The van der Waals surface area contributed by atoms with Crippen LogP contribution in [0.1, 0.15) is 33.9 Å². The Morgan fingerprint density at radius 1 is 1.42 bits per heavy atom. The van der Waals surface area contributed by atoms with Crippen molar-refractivity contribution >= 4 is 23.2 Å². The summed E-state index contributed by atoms with van der Waals surface area (Å²) >= 11 is 6.11. The maximum absolute atomic E-state index is 12.2. The molecule has 1 heterocycles. The largest absolute Gasteiger partial charge is 0.322 e. The van der Waals surface area contributed by atoms with E-state index in [9.17, 15) is 4.79 Å². The van der Waals surface area contributed by atoms with E-state index < -0.39 is 0 Å². The highest BCUT2D eigenvalue weighted by Gasteiger charge is 2.15. The average molecular weight is 278 g/mol. The molecule has 0 radical (unpaired) electrons. The van der Waals surface area contributed by atoms with E-state index in [-0.39, 0.29) is 11.3 Å². The van der Waals surface area contributed by atoms with Crippen molar-refractivity contribution < 1.29 is 4.79 Å². The van der Waals surface area contributed by atoms with Crippen molar-refractivity contribution in [2.24, 2.45) is 7.05 Å². The number of anilines is 1. The van der Waals surface area contributed by atoms with Gasteiger partial charge in [0.2, 0.25) is 0 Å². The Bertz CT molecular complexity index is 604. The number of alkyl halides is 1. The summed E-state index contributed by atoms with van der Waals surface area (Å²) in [7, 11) is 1.79. The predicted octanol–water partition coefficient (Wildman–Crippen LogP) is 3.28. The molecule has 0 aliphatic carbocycles. The van der Waals surface area contributed by atoms with Crippen molar-refractivity contribution in [1.82, 2.24) is 9.78 Å². The van der Waals surface area contributed by atoms with Gasteiger partial charge in [-0.25, -0.2) is 0 Å². The fourth-order valence-corrected chi connectivity index (χ4v) is 2.16. The Hall–Kier alpha value is -1.81. The van der Waals surface area contributed by atoms with Crippen LogP contribution < -0.4 is 5.32 Å². The van der Waals surface area contributed by atoms with Crippen LogP contribution in [-0.2, 0) is 7.05 Å². The third kappa shape index (κ3) is 2.96. The lowest BCUT2D eigenvalue weighted by molar-refractivity contribution is 0.102. The first kappa shape index (κ1) is 13.6. The second-order valence-corrected chi connectivity index (χ2v) is 5.11. The molecule has 1 unspecified atom stereocenters. The van der Waals surface area contributed by atoms with E-state index in [0.717, 1.165) is 11.3 Å². The van der Waals surface area contributed by atoms with E-state index in [1.54, 1.807) is 17.9 Å². The molecule has 0 bridgehead atoms. The van der Waals surface area contributed by atoms with Crippen LogP contribution >= 0.6 is 11.6 Å². The van der Waals surface area contributed by atoms with E-state index in [1.807, 2.05) is 38.1 Å².